The van der Waals surface area contributed by atoms with Crippen molar-refractivity contribution in [1.29, 1.82) is 0 Å². The molecule has 0 saturated carbocycles. The normalized spacial score (nSPS) is 30.0. The Morgan fingerprint density at radius 2 is 2.28 bits per heavy atom. The predicted octanol–water partition coefficient (Wildman–Crippen LogP) is 2.92. The standard InChI is InChI=1S/C14H22N2OS/c1-5-7-8-9-11(6-2)14(4)12(13(15)17)18-10(3)16-14/h5,7-9,11-12H,6H2,1-4H3,(H2,15,17)/b7-5+,9-8+. The molecule has 100 valence electrons. The summed E-state index contributed by atoms with van der Waals surface area (Å²) in [4.78, 5) is 16.3. The highest BCUT2D eigenvalue weighted by atomic mass is 32.2. The van der Waals surface area contributed by atoms with Gasteiger partial charge >= 0.3 is 0 Å². The quantitative estimate of drug-likeness (QED) is 0.778. The highest BCUT2D eigenvalue weighted by Gasteiger charge is 2.47. The maximum absolute atomic E-state index is 11.6. The van der Waals surface area contributed by atoms with Gasteiger partial charge in [0.2, 0.25) is 5.91 Å². The van der Waals surface area contributed by atoms with E-state index in [2.05, 4.69) is 18.0 Å². The summed E-state index contributed by atoms with van der Waals surface area (Å²) < 4.78 is 0. The second kappa shape index (κ2) is 6.23. The number of hydrogen-bond donors (Lipinski definition) is 1. The Kier molecular flexibility index (Phi) is 5.20. The number of thioether (sulfide) groups is 1. The molecule has 0 bridgehead atoms. The number of amides is 1. The molecule has 0 saturated heterocycles. The molecule has 3 nitrogen and oxygen atoms in total. The molecule has 1 aliphatic rings. The lowest BCUT2D eigenvalue weighted by molar-refractivity contribution is -0.118. The van der Waals surface area contributed by atoms with Gasteiger partial charge in [0.1, 0.15) is 5.25 Å². The van der Waals surface area contributed by atoms with E-state index in [0.29, 0.717) is 0 Å². The van der Waals surface area contributed by atoms with Gasteiger partial charge in [-0.05, 0) is 27.2 Å². The van der Waals surface area contributed by atoms with E-state index in [1.54, 1.807) is 0 Å². The number of carbonyl (C=O) groups is 1. The Morgan fingerprint density at radius 1 is 1.61 bits per heavy atom. The van der Waals surface area contributed by atoms with Crippen LogP contribution in [-0.2, 0) is 4.79 Å². The third kappa shape index (κ3) is 3.05. The van der Waals surface area contributed by atoms with Crippen LogP contribution in [0.5, 0.6) is 0 Å². The minimum atomic E-state index is -0.423. The van der Waals surface area contributed by atoms with E-state index in [4.69, 9.17) is 5.73 Å². The van der Waals surface area contributed by atoms with Crippen molar-refractivity contribution in [2.24, 2.45) is 16.6 Å². The van der Waals surface area contributed by atoms with Crippen LogP contribution in [-0.4, -0.2) is 21.7 Å². The topological polar surface area (TPSA) is 55.4 Å². The summed E-state index contributed by atoms with van der Waals surface area (Å²) in [6.07, 6.45) is 9.05. The number of nitrogens with zero attached hydrogens (tertiary/aromatic N) is 1. The van der Waals surface area contributed by atoms with Crippen LogP contribution in [0.1, 0.15) is 34.1 Å². The average molecular weight is 266 g/mol. The molecule has 0 aliphatic carbocycles. The summed E-state index contributed by atoms with van der Waals surface area (Å²) in [7, 11) is 0. The zero-order valence-electron chi connectivity index (χ0n) is 11.5. The van der Waals surface area contributed by atoms with Gasteiger partial charge < -0.3 is 5.73 Å². The van der Waals surface area contributed by atoms with Gasteiger partial charge in [-0.1, -0.05) is 43.0 Å². The Labute approximate surface area is 114 Å². The third-order valence-corrected chi connectivity index (χ3v) is 4.69. The Balaban J connectivity index is 3.03. The number of allylic oxidation sites excluding steroid dienone is 3. The molecule has 1 amide bonds. The third-order valence-electron chi connectivity index (χ3n) is 3.31. The fourth-order valence-electron chi connectivity index (χ4n) is 2.39. The molecule has 1 heterocycles. The largest absolute Gasteiger partial charge is 0.369 e. The first-order valence-electron chi connectivity index (χ1n) is 6.27. The minimum absolute atomic E-state index is 0.219. The van der Waals surface area contributed by atoms with Crippen molar-refractivity contribution in [1.82, 2.24) is 0 Å². The van der Waals surface area contributed by atoms with Crippen LogP contribution in [0, 0.1) is 5.92 Å². The molecule has 3 atom stereocenters. The molecule has 0 aromatic carbocycles. The molecule has 3 unspecified atom stereocenters. The molecule has 18 heavy (non-hydrogen) atoms. The molecular weight excluding hydrogens is 244 g/mol. The van der Waals surface area contributed by atoms with E-state index < -0.39 is 5.54 Å². The number of primary amides is 1. The zero-order chi connectivity index (χ0) is 13.8. The average Bonchev–Trinajstić information content (AvgIpc) is 2.61. The van der Waals surface area contributed by atoms with Gasteiger partial charge in [0.15, 0.2) is 0 Å². The summed E-state index contributed by atoms with van der Waals surface area (Å²) in [5, 5.41) is 0.678. The van der Waals surface area contributed by atoms with Crippen LogP contribution in [0.25, 0.3) is 0 Å². The summed E-state index contributed by atoms with van der Waals surface area (Å²) >= 11 is 1.49. The number of rotatable bonds is 5. The van der Waals surface area contributed by atoms with E-state index >= 15 is 0 Å². The maximum atomic E-state index is 11.6. The van der Waals surface area contributed by atoms with Crippen LogP contribution in [0.3, 0.4) is 0 Å². The van der Waals surface area contributed by atoms with Crippen LogP contribution in [0.4, 0.5) is 0 Å². The van der Waals surface area contributed by atoms with E-state index in [1.165, 1.54) is 11.8 Å². The fraction of sp³-hybridized carbons (Fsp3) is 0.571. The highest BCUT2D eigenvalue weighted by Crippen LogP contribution is 2.42. The summed E-state index contributed by atoms with van der Waals surface area (Å²) in [5.74, 6) is -0.0582. The van der Waals surface area contributed by atoms with Crippen molar-refractivity contribution in [3.63, 3.8) is 0 Å². The van der Waals surface area contributed by atoms with E-state index in [0.717, 1.165) is 11.5 Å². The van der Waals surface area contributed by atoms with Crippen LogP contribution in [0.2, 0.25) is 0 Å². The lowest BCUT2D eigenvalue weighted by Crippen LogP contribution is -2.46. The van der Waals surface area contributed by atoms with E-state index in [1.807, 2.05) is 39.0 Å². The molecule has 4 heteroatoms. The Morgan fingerprint density at radius 3 is 2.78 bits per heavy atom. The van der Waals surface area contributed by atoms with Gasteiger partial charge in [0.05, 0.1) is 10.6 Å². The first-order chi connectivity index (χ1) is 8.45. The van der Waals surface area contributed by atoms with Crippen LogP contribution in [0.15, 0.2) is 29.3 Å². The predicted molar refractivity (Wildman–Crippen MR) is 79.8 cm³/mol. The van der Waals surface area contributed by atoms with E-state index in [9.17, 15) is 4.79 Å². The van der Waals surface area contributed by atoms with Crippen molar-refractivity contribution in [3.8, 4) is 0 Å². The first-order valence-corrected chi connectivity index (χ1v) is 7.15. The Bertz CT molecular complexity index is 401. The van der Waals surface area contributed by atoms with Crippen molar-refractivity contribution in [3.05, 3.63) is 24.3 Å². The van der Waals surface area contributed by atoms with Crippen LogP contribution >= 0.6 is 11.8 Å². The molecule has 0 spiro atoms. The molecule has 1 rings (SSSR count). The second-order valence-corrected chi connectivity index (χ2v) is 5.98. The summed E-state index contributed by atoms with van der Waals surface area (Å²) in [6.45, 7) is 8.06. The summed E-state index contributed by atoms with van der Waals surface area (Å²) in [5.41, 5.74) is 5.09. The van der Waals surface area contributed by atoms with Crippen molar-refractivity contribution >= 4 is 22.7 Å². The number of aliphatic imine (C=N–C) groups is 1. The van der Waals surface area contributed by atoms with Crippen LogP contribution < -0.4 is 5.73 Å². The highest BCUT2D eigenvalue weighted by molar-refractivity contribution is 8.15. The van der Waals surface area contributed by atoms with Gasteiger partial charge in [-0.2, -0.15) is 0 Å². The van der Waals surface area contributed by atoms with Gasteiger partial charge in [0.25, 0.3) is 0 Å². The molecule has 0 aromatic heterocycles. The van der Waals surface area contributed by atoms with Crippen molar-refractivity contribution in [2.75, 3.05) is 0 Å². The molecule has 0 aromatic rings. The monoisotopic (exact) mass is 266 g/mol. The number of nitrogens with two attached hydrogens (primary N) is 1. The minimum Gasteiger partial charge on any atom is -0.369 e. The van der Waals surface area contributed by atoms with Gasteiger partial charge in [-0.3, -0.25) is 9.79 Å². The Hall–Kier alpha value is -1.03. The van der Waals surface area contributed by atoms with Gasteiger partial charge in [0, 0.05) is 5.92 Å². The van der Waals surface area contributed by atoms with Gasteiger partial charge in [-0.25, -0.2) is 0 Å². The molecular formula is C14H22N2OS. The fourth-order valence-corrected chi connectivity index (χ4v) is 3.56. The molecule has 2 N–H and O–H groups in total. The SMILES string of the molecule is C/C=C/C=C/C(CC)C1(C)N=C(C)SC1C(N)=O. The molecule has 0 radical (unpaired) electrons. The van der Waals surface area contributed by atoms with Crippen molar-refractivity contribution in [2.45, 2.75) is 44.9 Å². The first kappa shape index (κ1) is 15.0. The maximum Gasteiger partial charge on any atom is 0.233 e. The molecule has 0 fully saturated rings. The summed E-state index contributed by atoms with van der Waals surface area (Å²) in [6, 6.07) is 0. The van der Waals surface area contributed by atoms with Crippen molar-refractivity contribution < 1.29 is 4.79 Å². The van der Waals surface area contributed by atoms with E-state index in [-0.39, 0.29) is 17.1 Å². The lowest BCUT2D eigenvalue weighted by Gasteiger charge is -2.32. The van der Waals surface area contributed by atoms with Gasteiger partial charge in [-0.15, -0.1) is 0 Å². The number of carbonyl (C=O) groups excluding carboxylic acids is 1. The zero-order valence-corrected chi connectivity index (χ0v) is 12.3. The lowest BCUT2D eigenvalue weighted by atomic mass is 9.80. The second-order valence-electron chi connectivity index (χ2n) is 4.68. The number of hydrogen-bond acceptors (Lipinski definition) is 3. The molecule has 1 aliphatic heterocycles. The smallest absolute Gasteiger partial charge is 0.233 e.